The van der Waals surface area contributed by atoms with Crippen molar-refractivity contribution >= 4 is 11.8 Å². The predicted molar refractivity (Wildman–Crippen MR) is 54.1 cm³/mol. The summed E-state index contributed by atoms with van der Waals surface area (Å²) in [6.45, 7) is 1.58. The number of carbonyl (C=O) groups excluding carboxylic acids is 2. The molecule has 3 fully saturated rings. The maximum Gasteiger partial charge on any atom is 0.246 e. The van der Waals surface area contributed by atoms with Gasteiger partial charge in [0, 0.05) is 13.1 Å². The SMILES string of the molecule is O=C1C2CCCN2C(=O)C2CCCCN12. The maximum absolute atomic E-state index is 12.1. The van der Waals surface area contributed by atoms with Gasteiger partial charge in [0.05, 0.1) is 0 Å². The average molecular weight is 208 g/mol. The summed E-state index contributed by atoms with van der Waals surface area (Å²) in [4.78, 5) is 27.9. The molecule has 4 heteroatoms. The van der Waals surface area contributed by atoms with Crippen LogP contribution < -0.4 is 0 Å². The number of piperidine rings is 1. The van der Waals surface area contributed by atoms with Crippen LogP contribution in [0.25, 0.3) is 0 Å². The van der Waals surface area contributed by atoms with Crippen LogP contribution in [0.4, 0.5) is 0 Å². The third-order valence-electron chi connectivity index (χ3n) is 3.89. The van der Waals surface area contributed by atoms with Gasteiger partial charge in [-0.2, -0.15) is 0 Å². The van der Waals surface area contributed by atoms with E-state index in [9.17, 15) is 9.59 Å². The molecule has 0 radical (unpaired) electrons. The lowest BCUT2D eigenvalue weighted by Crippen LogP contribution is -2.63. The van der Waals surface area contributed by atoms with E-state index in [2.05, 4.69) is 0 Å². The van der Waals surface area contributed by atoms with Crippen LogP contribution in [0.3, 0.4) is 0 Å². The minimum Gasteiger partial charge on any atom is -0.329 e. The molecule has 3 rings (SSSR count). The molecule has 0 aromatic rings. The summed E-state index contributed by atoms with van der Waals surface area (Å²) in [7, 11) is 0. The van der Waals surface area contributed by atoms with Gasteiger partial charge >= 0.3 is 0 Å². The van der Waals surface area contributed by atoms with E-state index < -0.39 is 0 Å². The van der Waals surface area contributed by atoms with Gasteiger partial charge in [-0.3, -0.25) is 9.59 Å². The van der Waals surface area contributed by atoms with Crippen LogP contribution in [-0.2, 0) is 9.59 Å². The van der Waals surface area contributed by atoms with Gasteiger partial charge in [-0.25, -0.2) is 0 Å². The van der Waals surface area contributed by atoms with E-state index >= 15 is 0 Å². The van der Waals surface area contributed by atoms with E-state index in [-0.39, 0.29) is 23.9 Å². The summed E-state index contributed by atoms with van der Waals surface area (Å²) in [5.41, 5.74) is 0. The van der Waals surface area contributed by atoms with Crippen molar-refractivity contribution in [2.75, 3.05) is 13.1 Å². The fourth-order valence-electron chi connectivity index (χ4n) is 3.12. The Hall–Kier alpha value is -1.06. The van der Waals surface area contributed by atoms with E-state index in [1.54, 1.807) is 0 Å². The number of piperazine rings is 1. The van der Waals surface area contributed by atoms with Crippen molar-refractivity contribution < 1.29 is 9.59 Å². The second-order valence-electron chi connectivity index (χ2n) is 4.73. The minimum atomic E-state index is -0.124. The van der Waals surface area contributed by atoms with Gasteiger partial charge < -0.3 is 9.80 Å². The number of fused-ring (bicyclic) bond motifs is 2. The largest absolute Gasteiger partial charge is 0.329 e. The van der Waals surface area contributed by atoms with Crippen LogP contribution in [0.2, 0.25) is 0 Å². The zero-order chi connectivity index (χ0) is 10.4. The highest BCUT2D eigenvalue weighted by Crippen LogP contribution is 2.31. The van der Waals surface area contributed by atoms with Crippen molar-refractivity contribution in [2.24, 2.45) is 0 Å². The molecular formula is C11H16N2O2. The first-order valence-electron chi connectivity index (χ1n) is 5.90. The molecule has 0 spiro atoms. The van der Waals surface area contributed by atoms with Gasteiger partial charge in [0.2, 0.25) is 11.8 Å². The Morgan fingerprint density at radius 3 is 2.00 bits per heavy atom. The van der Waals surface area contributed by atoms with Crippen molar-refractivity contribution in [1.82, 2.24) is 9.80 Å². The van der Waals surface area contributed by atoms with E-state index in [0.29, 0.717) is 0 Å². The Labute approximate surface area is 89.2 Å². The fourth-order valence-corrected chi connectivity index (χ4v) is 3.12. The monoisotopic (exact) mass is 208 g/mol. The van der Waals surface area contributed by atoms with Crippen molar-refractivity contribution in [3.05, 3.63) is 0 Å². The predicted octanol–water partition coefficient (Wildman–Crippen LogP) is 0.372. The molecule has 82 valence electrons. The van der Waals surface area contributed by atoms with E-state index in [1.807, 2.05) is 9.80 Å². The normalized spacial score (nSPS) is 35.5. The molecule has 2 atom stereocenters. The lowest BCUT2D eigenvalue weighted by Gasteiger charge is -2.44. The molecule has 15 heavy (non-hydrogen) atoms. The summed E-state index contributed by atoms with van der Waals surface area (Å²) < 4.78 is 0. The number of nitrogens with zero attached hydrogens (tertiary/aromatic N) is 2. The van der Waals surface area contributed by atoms with E-state index in [1.165, 1.54) is 0 Å². The van der Waals surface area contributed by atoms with Gasteiger partial charge in [-0.1, -0.05) is 0 Å². The molecule has 0 bridgehead atoms. The van der Waals surface area contributed by atoms with Crippen LogP contribution in [0.5, 0.6) is 0 Å². The van der Waals surface area contributed by atoms with Crippen LogP contribution >= 0.6 is 0 Å². The van der Waals surface area contributed by atoms with Gasteiger partial charge in [-0.05, 0) is 32.1 Å². The zero-order valence-electron chi connectivity index (χ0n) is 8.82. The molecule has 0 aliphatic carbocycles. The second kappa shape index (κ2) is 3.22. The molecular weight excluding hydrogens is 192 g/mol. The average Bonchev–Trinajstić information content (AvgIpc) is 2.75. The number of hydrogen-bond acceptors (Lipinski definition) is 2. The maximum atomic E-state index is 12.1. The first kappa shape index (κ1) is 9.19. The van der Waals surface area contributed by atoms with Crippen molar-refractivity contribution in [3.8, 4) is 0 Å². The fraction of sp³-hybridized carbons (Fsp3) is 0.818. The molecule has 0 aromatic heterocycles. The third kappa shape index (κ3) is 1.20. The van der Waals surface area contributed by atoms with Crippen LogP contribution in [0.15, 0.2) is 0 Å². The highest BCUT2D eigenvalue weighted by atomic mass is 16.2. The van der Waals surface area contributed by atoms with Gasteiger partial charge in [0.25, 0.3) is 0 Å². The number of rotatable bonds is 0. The Kier molecular flexibility index (Phi) is 1.97. The lowest BCUT2D eigenvalue weighted by atomic mass is 9.96. The Bertz CT molecular complexity index is 286. The summed E-state index contributed by atoms with van der Waals surface area (Å²) in [5, 5.41) is 0. The highest BCUT2D eigenvalue weighted by Gasteiger charge is 2.47. The number of amides is 2. The van der Waals surface area contributed by atoms with Gasteiger partial charge in [0.15, 0.2) is 0 Å². The summed E-state index contributed by atoms with van der Waals surface area (Å²) >= 11 is 0. The van der Waals surface area contributed by atoms with Crippen LogP contribution in [0.1, 0.15) is 32.1 Å². The standard InChI is InChI=1S/C11H16N2O2/c14-10-8-4-1-2-6-12(8)11(15)9-5-3-7-13(9)10/h8-9H,1-7H2. The van der Waals surface area contributed by atoms with Crippen LogP contribution in [0, 0.1) is 0 Å². The summed E-state index contributed by atoms with van der Waals surface area (Å²) in [5.74, 6) is 0.411. The highest BCUT2D eigenvalue weighted by molar-refractivity contribution is 5.97. The number of carbonyl (C=O) groups is 2. The Balaban J connectivity index is 1.92. The zero-order valence-corrected chi connectivity index (χ0v) is 8.82. The summed E-state index contributed by atoms with van der Waals surface area (Å²) in [6.07, 6.45) is 4.87. The number of hydrogen-bond donors (Lipinski definition) is 0. The Morgan fingerprint density at radius 2 is 1.33 bits per heavy atom. The molecule has 2 amide bonds. The molecule has 2 unspecified atom stereocenters. The molecule has 4 nitrogen and oxygen atoms in total. The van der Waals surface area contributed by atoms with Gasteiger partial charge in [0.1, 0.15) is 12.1 Å². The Morgan fingerprint density at radius 1 is 0.800 bits per heavy atom. The van der Waals surface area contributed by atoms with Gasteiger partial charge in [-0.15, -0.1) is 0 Å². The molecule has 0 aromatic carbocycles. The third-order valence-corrected chi connectivity index (χ3v) is 3.89. The minimum absolute atomic E-state index is 0.119. The van der Waals surface area contributed by atoms with Crippen molar-refractivity contribution in [3.63, 3.8) is 0 Å². The smallest absolute Gasteiger partial charge is 0.246 e. The van der Waals surface area contributed by atoms with Crippen molar-refractivity contribution in [2.45, 2.75) is 44.2 Å². The lowest BCUT2D eigenvalue weighted by molar-refractivity contribution is -0.161. The molecule has 3 heterocycles. The summed E-state index contributed by atoms with van der Waals surface area (Å²) in [6, 6.07) is -0.243. The quantitative estimate of drug-likeness (QED) is 0.577. The van der Waals surface area contributed by atoms with E-state index in [4.69, 9.17) is 0 Å². The molecule has 0 saturated carbocycles. The molecule has 0 N–H and O–H groups in total. The first-order valence-corrected chi connectivity index (χ1v) is 5.90. The molecule has 3 aliphatic rings. The van der Waals surface area contributed by atoms with Crippen LogP contribution in [-0.4, -0.2) is 46.8 Å². The van der Waals surface area contributed by atoms with Crippen molar-refractivity contribution in [1.29, 1.82) is 0 Å². The molecule has 3 saturated heterocycles. The molecule has 3 aliphatic heterocycles. The first-order chi connectivity index (χ1) is 7.29. The topological polar surface area (TPSA) is 40.6 Å². The second-order valence-corrected chi connectivity index (χ2v) is 4.73. The van der Waals surface area contributed by atoms with E-state index in [0.717, 1.165) is 45.2 Å².